The second-order valence-electron chi connectivity index (χ2n) is 8.82. The molecule has 0 amide bonds. The van der Waals surface area contributed by atoms with E-state index in [4.69, 9.17) is 0 Å². The molecule has 0 N–H and O–H groups in total. The summed E-state index contributed by atoms with van der Waals surface area (Å²) >= 11 is 0. The van der Waals surface area contributed by atoms with Crippen molar-refractivity contribution < 1.29 is 8.78 Å². The molecule has 28 heavy (non-hydrogen) atoms. The summed E-state index contributed by atoms with van der Waals surface area (Å²) in [6.45, 7) is 3.60. The van der Waals surface area contributed by atoms with E-state index in [1.165, 1.54) is 63.1 Å². The van der Waals surface area contributed by atoms with Crippen LogP contribution in [0.5, 0.6) is 0 Å². The molecule has 0 bridgehead atoms. The fourth-order valence-corrected chi connectivity index (χ4v) is 5.43. The molecular weight excluding hydrogens is 350 g/mol. The Bertz CT molecular complexity index is 826. The summed E-state index contributed by atoms with van der Waals surface area (Å²) in [4.78, 5) is 0. The lowest BCUT2D eigenvalue weighted by Crippen LogP contribution is -2.30. The van der Waals surface area contributed by atoms with Crippen LogP contribution >= 0.6 is 0 Å². The van der Waals surface area contributed by atoms with Crippen LogP contribution in [0.15, 0.2) is 48.6 Å². The third-order valence-corrected chi connectivity index (χ3v) is 7.11. The van der Waals surface area contributed by atoms with Gasteiger partial charge >= 0.3 is 0 Å². The Morgan fingerprint density at radius 2 is 1.46 bits per heavy atom. The van der Waals surface area contributed by atoms with Crippen molar-refractivity contribution in [2.24, 2.45) is 17.8 Å². The smallest absolute Gasteiger partial charge is 0.129 e. The van der Waals surface area contributed by atoms with Crippen molar-refractivity contribution in [1.82, 2.24) is 0 Å². The fourth-order valence-electron chi connectivity index (χ4n) is 5.43. The highest BCUT2D eigenvalue weighted by atomic mass is 19.1. The zero-order valence-corrected chi connectivity index (χ0v) is 16.9. The summed E-state index contributed by atoms with van der Waals surface area (Å²) in [6, 6.07) is 11.2. The molecule has 0 radical (unpaired) electrons. The topological polar surface area (TPSA) is 0 Å². The summed E-state index contributed by atoms with van der Waals surface area (Å²) in [6.07, 6.45) is 12.6. The van der Waals surface area contributed by atoms with Crippen LogP contribution in [0.1, 0.15) is 62.5 Å². The average molecular weight is 381 g/mol. The van der Waals surface area contributed by atoms with Crippen molar-refractivity contribution >= 4 is 0 Å². The molecular formula is C26H30F2. The molecule has 0 nitrogen and oxygen atoms in total. The molecule has 4 rings (SSSR count). The Morgan fingerprint density at radius 1 is 0.821 bits per heavy atom. The van der Waals surface area contributed by atoms with Crippen molar-refractivity contribution in [2.75, 3.05) is 0 Å². The summed E-state index contributed by atoms with van der Waals surface area (Å²) in [5, 5.41) is 0. The highest BCUT2D eigenvalue weighted by Crippen LogP contribution is 2.48. The summed E-state index contributed by atoms with van der Waals surface area (Å²) in [5.41, 5.74) is 2.95. The first-order valence-corrected chi connectivity index (χ1v) is 10.7. The largest absolute Gasteiger partial charge is 0.207 e. The minimum absolute atomic E-state index is 0.0845. The van der Waals surface area contributed by atoms with Gasteiger partial charge in [0.2, 0.25) is 0 Å². The zero-order chi connectivity index (χ0) is 19.7. The number of halogens is 2. The SMILES string of the molecule is C/C=C/C1CCC2CC(c3ccc(-c4cc(F)c(C)c(F)c4)cc3)CCC2C1. The van der Waals surface area contributed by atoms with E-state index in [2.05, 4.69) is 31.2 Å². The van der Waals surface area contributed by atoms with Crippen LogP contribution < -0.4 is 0 Å². The van der Waals surface area contributed by atoms with Crippen molar-refractivity contribution in [1.29, 1.82) is 0 Å². The van der Waals surface area contributed by atoms with Crippen LogP contribution in [-0.4, -0.2) is 0 Å². The second kappa shape index (κ2) is 8.19. The van der Waals surface area contributed by atoms with Gasteiger partial charge in [0.15, 0.2) is 0 Å². The maximum atomic E-state index is 13.9. The van der Waals surface area contributed by atoms with Crippen LogP contribution in [0.25, 0.3) is 11.1 Å². The number of allylic oxidation sites excluding steroid dienone is 2. The number of rotatable bonds is 3. The molecule has 4 atom stereocenters. The van der Waals surface area contributed by atoms with Gasteiger partial charge in [0.25, 0.3) is 0 Å². The van der Waals surface area contributed by atoms with Gasteiger partial charge in [0, 0.05) is 5.56 Å². The number of benzene rings is 2. The van der Waals surface area contributed by atoms with Gasteiger partial charge in [-0.25, -0.2) is 8.78 Å². The lowest BCUT2D eigenvalue weighted by molar-refractivity contribution is 0.133. The van der Waals surface area contributed by atoms with Crippen LogP contribution in [0.3, 0.4) is 0 Å². The van der Waals surface area contributed by atoms with E-state index in [9.17, 15) is 8.78 Å². The Labute approximate surface area is 167 Å². The van der Waals surface area contributed by atoms with Gasteiger partial charge in [-0.05, 0) is 105 Å². The molecule has 2 aliphatic rings. The third-order valence-electron chi connectivity index (χ3n) is 7.11. The van der Waals surface area contributed by atoms with Gasteiger partial charge in [-0.3, -0.25) is 0 Å². The quantitative estimate of drug-likeness (QED) is 0.476. The zero-order valence-electron chi connectivity index (χ0n) is 16.9. The van der Waals surface area contributed by atoms with Crippen molar-refractivity contribution in [3.8, 4) is 11.1 Å². The number of hydrogen-bond acceptors (Lipinski definition) is 0. The predicted octanol–water partition coefficient (Wildman–Crippen LogP) is 7.82. The summed E-state index contributed by atoms with van der Waals surface area (Å²) in [7, 11) is 0. The third kappa shape index (κ3) is 3.92. The molecule has 2 aromatic rings. The minimum atomic E-state index is -0.481. The average Bonchev–Trinajstić information content (AvgIpc) is 2.71. The fraction of sp³-hybridized carbons (Fsp3) is 0.462. The monoisotopic (exact) mass is 380 g/mol. The van der Waals surface area contributed by atoms with Crippen LogP contribution in [0.2, 0.25) is 0 Å². The molecule has 2 heteroatoms. The first kappa shape index (κ1) is 19.4. The highest BCUT2D eigenvalue weighted by molar-refractivity contribution is 5.64. The molecule has 148 valence electrons. The van der Waals surface area contributed by atoms with Crippen molar-refractivity contribution in [3.63, 3.8) is 0 Å². The Kier molecular flexibility index (Phi) is 5.66. The van der Waals surface area contributed by atoms with Gasteiger partial charge in [-0.2, -0.15) is 0 Å². The minimum Gasteiger partial charge on any atom is -0.207 e. The lowest BCUT2D eigenvalue weighted by atomic mass is 9.64. The number of fused-ring (bicyclic) bond motifs is 1. The Morgan fingerprint density at radius 3 is 2.14 bits per heavy atom. The molecule has 2 fully saturated rings. The van der Waals surface area contributed by atoms with Gasteiger partial charge in [0.05, 0.1) is 0 Å². The molecule has 0 saturated heterocycles. The van der Waals surface area contributed by atoms with Gasteiger partial charge in [-0.15, -0.1) is 0 Å². The molecule has 0 aliphatic heterocycles. The molecule has 2 saturated carbocycles. The van der Waals surface area contributed by atoms with Crippen molar-refractivity contribution in [2.45, 2.75) is 58.3 Å². The first-order chi connectivity index (χ1) is 13.5. The standard InChI is InChI=1S/C26H30F2/c1-3-4-18-5-6-23-14-22(12-11-21(23)13-18)19-7-9-20(10-8-19)24-15-25(27)17(2)26(28)16-24/h3-4,7-10,15-16,18,21-23H,5-6,11-14H2,1-2H3/b4-3+. The van der Waals surface area contributed by atoms with E-state index in [-0.39, 0.29) is 5.56 Å². The van der Waals surface area contributed by atoms with E-state index in [1.54, 1.807) is 0 Å². The van der Waals surface area contributed by atoms with Gasteiger partial charge in [0.1, 0.15) is 11.6 Å². The van der Waals surface area contributed by atoms with Crippen LogP contribution in [0, 0.1) is 36.3 Å². The first-order valence-electron chi connectivity index (χ1n) is 10.7. The molecule has 0 aromatic heterocycles. The highest BCUT2D eigenvalue weighted by Gasteiger charge is 2.35. The van der Waals surface area contributed by atoms with E-state index in [1.807, 2.05) is 12.1 Å². The second-order valence-corrected chi connectivity index (χ2v) is 8.82. The lowest BCUT2D eigenvalue weighted by Gasteiger charge is -2.41. The molecule has 0 heterocycles. The predicted molar refractivity (Wildman–Crippen MR) is 112 cm³/mol. The Hall–Kier alpha value is -1.96. The van der Waals surface area contributed by atoms with Crippen LogP contribution in [-0.2, 0) is 0 Å². The molecule has 2 aliphatic carbocycles. The van der Waals surface area contributed by atoms with E-state index in [0.717, 1.165) is 23.3 Å². The van der Waals surface area contributed by atoms with Crippen molar-refractivity contribution in [3.05, 3.63) is 71.3 Å². The van der Waals surface area contributed by atoms with Crippen LogP contribution in [0.4, 0.5) is 8.78 Å². The maximum Gasteiger partial charge on any atom is 0.129 e. The molecule has 4 unspecified atom stereocenters. The van der Waals surface area contributed by atoms with E-state index < -0.39 is 11.6 Å². The van der Waals surface area contributed by atoms with Gasteiger partial charge in [-0.1, -0.05) is 36.4 Å². The maximum absolute atomic E-state index is 13.9. The van der Waals surface area contributed by atoms with Gasteiger partial charge < -0.3 is 0 Å². The summed E-state index contributed by atoms with van der Waals surface area (Å²) < 4.78 is 27.8. The van der Waals surface area contributed by atoms with E-state index in [0.29, 0.717) is 11.5 Å². The van der Waals surface area contributed by atoms with E-state index >= 15 is 0 Å². The normalized spacial score (nSPS) is 27.7. The Balaban J connectivity index is 1.45. The molecule has 2 aromatic carbocycles. The number of hydrogen-bond donors (Lipinski definition) is 0. The molecule has 0 spiro atoms. The summed E-state index contributed by atoms with van der Waals surface area (Å²) in [5.74, 6) is 2.21.